The van der Waals surface area contributed by atoms with E-state index in [2.05, 4.69) is 5.48 Å². The van der Waals surface area contributed by atoms with Gasteiger partial charge in [-0.15, -0.1) is 0 Å². The third kappa shape index (κ3) is 2.07. The van der Waals surface area contributed by atoms with Gasteiger partial charge in [0.15, 0.2) is 0 Å². The van der Waals surface area contributed by atoms with E-state index in [1.165, 1.54) is 6.92 Å². The van der Waals surface area contributed by atoms with Crippen LogP contribution in [0, 0.1) is 0 Å². The Morgan fingerprint density at radius 1 is 1.13 bits per heavy atom. The minimum atomic E-state index is -0.358. The van der Waals surface area contributed by atoms with Gasteiger partial charge < -0.3 is 4.84 Å². The number of hydrogen-bond acceptors (Lipinski definition) is 3. The molecule has 0 saturated heterocycles. The molecule has 3 nitrogen and oxygen atoms in total. The summed E-state index contributed by atoms with van der Waals surface area (Å²) in [7, 11) is 0. The van der Waals surface area contributed by atoms with Gasteiger partial charge in [0, 0.05) is 12.3 Å². The molecule has 0 amide bonds. The molecule has 0 aliphatic heterocycles. The van der Waals surface area contributed by atoms with Gasteiger partial charge in [-0.2, -0.15) is 0 Å². The molecule has 0 spiro atoms. The van der Waals surface area contributed by atoms with Crippen molar-refractivity contribution in [1.29, 1.82) is 0 Å². The van der Waals surface area contributed by atoms with Crippen molar-refractivity contribution in [1.82, 2.24) is 0 Å². The Bertz CT molecular complexity index is 488. The Morgan fingerprint density at radius 3 is 2.67 bits per heavy atom. The van der Waals surface area contributed by atoms with Gasteiger partial charge in [-0.25, -0.2) is 5.48 Å². The van der Waals surface area contributed by atoms with Crippen LogP contribution in [0.3, 0.4) is 0 Å². The number of rotatable bonds is 2. The van der Waals surface area contributed by atoms with E-state index in [-0.39, 0.29) is 5.97 Å². The highest BCUT2D eigenvalue weighted by molar-refractivity contribution is 5.93. The highest BCUT2D eigenvalue weighted by Crippen LogP contribution is 2.22. The Labute approximate surface area is 87.6 Å². The van der Waals surface area contributed by atoms with Crippen LogP contribution >= 0.6 is 0 Å². The summed E-state index contributed by atoms with van der Waals surface area (Å²) in [6.45, 7) is 1.36. The Hall–Kier alpha value is -2.03. The Balaban J connectivity index is 2.38. The highest BCUT2D eigenvalue weighted by Gasteiger charge is 2.00. The molecule has 15 heavy (non-hydrogen) atoms. The molecule has 0 aliphatic carbocycles. The molecule has 3 heteroatoms. The average molecular weight is 201 g/mol. The molecule has 0 unspecified atom stereocenters. The van der Waals surface area contributed by atoms with E-state index < -0.39 is 0 Å². The summed E-state index contributed by atoms with van der Waals surface area (Å²) in [6.07, 6.45) is 0. The molecule has 0 atom stereocenters. The normalized spacial score (nSPS) is 9.93. The first-order chi connectivity index (χ1) is 7.27. The van der Waals surface area contributed by atoms with Gasteiger partial charge in [-0.1, -0.05) is 36.4 Å². The molecular weight excluding hydrogens is 190 g/mol. The fourth-order valence-corrected chi connectivity index (χ4v) is 1.44. The van der Waals surface area contributed by atoms with Crippen molar-refractivity contribution in [2.24, 2.45) is 0 Å². The fraction of sp³-hybridized carbons (Fsp3) is 0.0833. The number of fused-ring (bicyclic) bond motifs is 1. The molecule has 2 rings (SSSR count). The van der Waals surface area contributed by atoms with E-state index in [1.54, 1.807) is 0 Å². The van der Waals surface area contributed by atoms with Crippen LogP contribution in [0.2, 0.25) is 0 Å². The van der Waals surface area contributed by atoms with Crippen molar-refractivity contribution in [3.8, 4) is 0 Å². The lowest BCUT2D eigenvalue weighted by Gasteiger charge is -2.07. The molecule has 0 fully saturated rings. The molecule has 1 N–H and O–H groups in total. The molecule has 2 aromatic rings. The van der Waals surface area contributed by atoms with Crippen molar-refractivity contribution in [3.63, 3.8) is 0 Å². The van der Waals surface area contributed by atoms with Gasteiger partial charge in [0.25, 0.3) is 0 Å². The summed E-state index contributed by atoms with van der Waals surface area (Å²) in [6, 6.07) is 13.7. The summed E-state index contributed by atoms with van der Waals surface area (Å²) in [4.78, 5) is 15.4. The SMILES string of the molecule is CC(=O)ONc1cccc2ccccc12. The first kappa shape index (κ1) is 9.52. The lowest BCUT2D eigenvalue weighted by atomic mass is 10.1. The monoisotopic (exact) mass is 201 g/mol. The second kappa shape index (κ2) is 4.00. The fourth-order valence-electron chi connectivity index (χ4n) is 1.44. The number of carbonyl (C=O) groups is 1. The van der Waals surface area contributed by atoms with E-state index in [0.29, 0.717) is 0 Å². The highest BCUT2D eigenvalue weighted by atomic mass is 16.7. The van der Waals surface area contributed by atoms with Crippen LogP contribution in [0.1, 0.15) is 6.92 Å². The Kier molecular flexibility index (Phi) is 2.54. The molecular formula is C12H11NO2. The standard InChI is InChI=1S/C12H11NO2/c1-9(14)15-13-12-8-4-6-10-5-2-3-7-11(10)12/h2-8,13H,1H3. The van der Waals surface area contributed by atoms with Crippen molar-refractivity contribution >= 4 is 22.4 Å². The summed E-state index contributed by atoms with van der Waals surface area (Å²) in [5.41, 5.74) is 3.43. The molecule has 2 aromatic carbocycles. The lowest BCUT2D eigenvalue weighted by Crippen LogP contribution is -2.06. The Morgan fingerprint density at radius 2 is 1.87 bits per heavy atom. The smallest absolute Gasteiger partial charge is 0.329 e. The van der Waals surface area contributed by atoms with E-state index in [4.69, 9.17) is 4.84 Å². The van der Waals surface area contributed by atoms with Crippen LogP contribution in [-0.2, 0) is 9.63 Å². The first-order valence-electron chi connectivity index (χ1n) is 4.68. The second-order valence-corrected chi connectivity index (χ2v) is 3.22. The molecule has 76 valence electrons. The third-order valence-electron chi connectivity index (χ3n) is 2.09. The molecule has 0 saturated carbocycles. The quantitative estimate of drug-likeness (QED) is 0.759. The van der Waals surface area contributed by atoms with E-state index in [1.807, 2.05) is 42.5 Å². The summed E-state index contributed by atoms with van der Waals surface area (Å²) in [5.74, 6) is -0.358. The van der Waals surface area contributed by atoms with Crippen LogP contribution in [0.4, 0.5) is 5.69 Å². The van der Waals surface area contributed by atoms with Gasteiger partial charge >= 0.3 is 5.97 Å². The van der Waals surface area contributed by atoms with Crippen molar-refractivity contribution in [3.05, 3.63) is 42.5 Å². The van der Waals surface area contributed by atoms with E-state index in [9.17, 15) is 4.79 Å². The van der Waals surface area contributed by atoms with E-state index in [0.717, 1.165) is 16.5 Å². The summed E-state index contributed by atoms with van der Waals surface area (Å²) < 4.78 is 0. The maximum Gasteiger partial charge on any atom is 0.329 e. The second-order valence-electron chi connectivity index (χ2n) is 3.22. The van der Waals surface area contributed by atoms with Gasteiger partial charge in [-0.3, -0.25) is 4.79 Å². The molecule has 0 heterocycles. The number of benzene rings is 2. The van der Waals surface area contributed by atoms with E-state index >= 15 is 0 Å². The maximum absolute atomic E-state index is 10.7. The molecule has 0 aromatic heterocycles. The van der Waals surface area contributed by atoms with Crippen molar-refractivity contribution in [2.75, 3.05) is 5.48 Å². The molecule has 0 aliphatic rings. The summed E-state index contributed by atoms with van der Waals surface area (Å²) in [5, 5.41) is 2.14. The number of nitrogens with one attached hydrogen (secondary N) is 1. The van der Waals surface area contributed by atoms with Gasteiger partial charge in [0.1, 0.15) is 0 Å². The number of hydrogen-bond donors (Lipinski definition) is 1. The van der Waals surface area contributed by atoms with Crippen molar-refractivity contribution in [2.45, 2.75) is 6.92 Å². The topological polar surface area (TPSA) is 38.3 Å². The number of carbonyl (C=O) groups excluding carboxylic acids is 1. The van der Waals surface area contributed by atoms with Gasteiger partial charge in [0.05, 0.1) is 5.69 Å². The predicted octanol–water partition coefficient (Wildman–Crippen LogP) is 2.73. The van der Waals surface area contributed by atoms with Gasteiger partial charge in [-0.05, 0) is 11.5 Å². The average Bonchev–Trinajstić information content (AvgIpc) is 2.26. The van der Waals surface area contributed by atoms with Crippen LogP contribution in [0.5, 0.6) is 0 Å². The van der Waals surface area contributed by atoms with Crippen LogP contribution < -0.4 is 5.48 Å². The zero-order chi connectivity index (χ0) is 10.7. The maximum atomic E-state index is 10.7. The first-order valence-corrected chi connectivity index (χ1v) is 4.68. The minimum absolute atomic E-state index is 0.358. The largest absolute Gasteiger partial charge is 0.344 e. The number of anilines is 1. The van der Waals surface area contributed by atoms with Crippen LogP contribution in [0.15, 0.2) is 42.5 Å². The molecule has 0 radical (unpaired) electrons. The lowest BCUT2D eigenvalue weighted by molar-refractivity contribution is -0.137. The van der Waals surface area contributed by atoms with Gasteiger partial charge in [0.2, 0.25) is 0 Å². The van der Waals surface area contributed by atoms with Crippen molar-refractivity contribution < 1.29 is 9.63 Å². The van der Waals surface area contributed by atoms with Crippen LogP contribution in [-0.4, -0.2) is 5.97 Å². The minimum Gasteiger partial charge on any atom is -0.344 e. The third-order valence-corrected chi connectivity index (χ3v) is 2.09. The zero-order valence-electron chi connectivity index (χ0n) is 8.36. The molecule has 0 bridgehead atoms. The van der Waals surface area contributed by atoms with Crippen LogP contribution in [0.25, 0.3) is 10.8 Å². The predicted molar refractivity (Wildman–Crippen MR) is 59.3 cm³/mol. The summed E-state index contributed by atoms with van der Waals surface area (Å²) >= 11 is 0. The zero-order valence-corrected chi connectivity index (χ0v) is 8.36.